The van der Waals surface area contributed by atoms with Crippen LogP contribution in [0.2, 0.25) is 0 Å². The van der Waals surface area contributed by atoms with Crippen LogP contribution in [0.25, 0.3) is 0 Å². The molecule has 14 nitrogen and oxygen atoms in total. The van der Waals surface area contributed by atoms with Gasteiger partial charge < -0.3 is 48.9 Å². The summed E-state index contributed by atoms with van der Waals surface area (Å²) in [7, 11) is 15.0. The number of carbonyl (C=O) groups is 2. The van der Waals surface area contributed by atoms with Gasteiger partial charge in [0, 0.05) is 92.2 Å². The first-order valence-corrected chi connectivity index (χ1v) is 20.8. The Bertz CT molecular complexity index is 2000. The number of hydrazine groups is 1. The first-order chi connectivity index (χ1) is 30.3. The topological polar surface area (TPSA) is 135 Å². The van der Waals surface area contributed by atoms with E-state index in [0.717, 1.165) is 50.7 Å². The molecule has 2 amide bonds. The maximum atomic E-state index is 13.2. The van der Waals surface area contributed by atoms with E-state index in [1.54, 1.807) is 20.3 Å². The van der Waals surface area contributed by atoms with Gasteiger partial charge in [0.2, 0.25) is 0 Å². The molecule has 2 unspecified atom stereocenters. The van der Waals surface area contributed by atoms with E-state index in [4.69, 9.17) is 28.4 Å². The van der Waals surface area contributed by atoms with Gasteiger partial charge in [0.25, 0.3) is 0 Å². The van der Waals surface area contributed by atoms with Gasteiger partial charge in [-0.2, -0.15) is 0 Å². The molecule has 0 saturated carbocycles. The number of alkyl carbamates (subject to hydrolysis) is 2. The molecule has 0 aliphatic carbocycles. The number of hydrogen-bond acceptors (Lipinski definition) is 12. The Labute approximate surface area is 371 Å². The molecule has 2 atom stereocenters. The number of nitrogens with zero attached hydrogens (tertiary/aromatic N) is 3. The van der Waals surface area contributed by atoms with Gasteiger partial charge in [0.05, 0.1) is 14.2 Å². The van der Waals surface area contributed by atoms with E-state index in [1.807, 2.05) is 166 Å². The summed E-state index contributed by atoms with van der Waals surface area (Å²) in [5, 5.41) is 7.62. The molecule has 3 N–H and O–H groups in total. The summed E-state index contributed by atoms with van der Waals surface area (Å²) in [6, 6.07) is 36.7. The van der Waals surface area contributed by atoms with Crippen molar-refractivity contribution in [3.63, 3.8) is 0 Å². The third-order valence-electron chi connectivity index (χ3n) is 9.98. The Morgan fingerprint density at radius 3 is 1.21 bits per heavy atom. The van der Waals surface area contributed by atoms with E-state index in [9.17, 15) is 9.59 Å². The molecule has 14 heteroatoms. The predicted molar refractivity (Wildman–Crippen MR) is 247 cm³/mol. The molecule has 63 heavy (non-hydrogen) atoms. The van der Waals surface area contributed by atoms with Crippen LogP contribution >= 0.6 is 0 Å². The standard InChI is InChI=1S/C49H62N6O8/c1-53(2)40-17-9-37(10-18-40)30-50-48(56)62-46(25-35-13-21-42(58-7)22-14-35)33-60-44-27-39(32-52-55(5)6)28-45(29-44)61-34-47(26-36-15-23-43(59-8)24-16-36)63-49(57)51-31-38-11-19-41(20-12-38)54(3)4/h9-24,27-29,46-47,52H,25-26,30-34H2,1-8H3,(H,50,56)(H,51,57). The van der Waals surface area contributed by atoms with Crippen LogP contribution in [0.5, 0.6) is 23.0 Å². The lowest BCUT2D eigenvalue weighted by molar-refractivity contribution is 0.0632. The van der Waals surface area contributed by atoms with Crippen molar-refractivity contribution in [3.8, 4) is 23.0 Å². The van der Waals surface area contributed by atoms with E-state index < -0.39 is 24.4 Å². The summed E-state index contributed by atoms with van der Waals surface area (Å²) in [6.07, 6.45) is -1.61. The lowest BCUT2D eigenvalue weighted by Crippen LogP contribution is -2.33. The molecular weight excluding hydrogens is 801 g/mol. The third-order valence-corrected chi connectivity index (χ3v) is 9.98. The number of carbonyl (C=O) groups excluding carboxylic acids is 2. The van der Waals surface area contributed by atoms with Crippen LogP contribution < -0.4 is 44.8 Å². The lowest BCUT2D eigenvalue weighted by atomic mass is 10.1. The summed E-state index contributed by atoms with van der Waals surface area (Å²) >= 11 is 0. The molecule has 0 spiro atoms. The molecule has 336 valence electrons. The monoisotopic (exact) mass is 862 g/mol. The van der Waals surface area contributed by atoms with Crippen molar-refractivity contribution in [1.82, 2.24) is 21.1 Å². The molecule has 0 saturated heterocycles. The quantitative estimate of drug-likeness (QED) is 0.0572. The largest absolute Gasteiger partial charge is 0.497 e. The van der Waals surface area contributed by atoms with E-state index in [2.05, 4.69) is 16.1 Å². The molecular formula is C49H62N6O8. The summed E-state index contributed by atoms with van der Waals surface area (Å²) in [4.78, 5) is 30.4. The Kier molecular flexibility index (Phi) is 18.1. The third kappa shape index (κ3) is 16.3. The van der Waals surface area contributed by atoms with Crippen LogP contribution in [0.15, 0.2) is 115 Å². The van der Waals surface area contributed by atoms with Crippen molar-refractivity contribution < 1.29 is 38.0 Å². The van der Waals surface area contributed by atoms with Crippen molar-refractivity contribution in [3.05, 3.63) is 143 Å². The van der Waals surface area contributed by atoms with Gasteiger partial charge in [-0.05, 0) is 88.5 Å². The van der Waals surface area contributed by atoms with Crippen LogP contribution in [0.4, 0.5) is 21.0 Å². The summed E-state index contributed by atoms with van der Waals surface area (Å²) in [6.45, 7) is 1.21. The van der Waals surface area contributed by atoms with E-state index >= 15 is 0 Å². The smallest absolute Gasteiger partial charge is 0.407 e. The molecule has 5 rings (SSSR count). The van der Waals surface area contributed by atoms with Crippen molar-refractivity contribution in [2.75, 3.05) is 79.5 Å². The van der Waals surface area contributed by atoms with Crippen LogP contribution in [-0.4, -0.2) is 99.1 Å². The zero-order valence-corrected chi connectivity index (χ0v) is 37.7. The Balaban J connectivity index is 1.29. The zero-order valence-electron chi connectivity index (χ0n) is 37.7. The molecule has 0 fully saturated rings. The highest BCUT2D eigenvalue weighted by atomic mass is 16.6. The van der Waals surface area contributed by atoms with Gasteiger partial charge in [-0.3, -0.25) is 10.4 Å². The Hall–Kier alpha value is -6.64. The minimum atomic E-state index is -0.644. The first-order valence-electron chi connectivity index (χ1n) is 20.8. The fourth-order valence-electron chi connectivity index (χ4n) is 6.40. The van der Waals surface area contributed by atoms with E-state index in [0.29, 0.717) is 44.0 Å². The maximum Gasteiger partial charge on any atom is 0.407 e. The SMILES string of the molecule is COc1ccc(CC(COc2cc(CNN(C)C)cc(OCC(Cc3ccc(OC)cc3)OC(=O)NCc3ccc(N(C)C)cc3)c2)OC(=O)NCc2ccc(N(C)C)cc2)cc1. The highest BCUT2D eigenvalue weighted by Gasteiger charge is 2.20. The minimum Gasteiger partial charge on any atom is -0.497 e. The summed E-state index contributed by atoms with van der Waals surface area (Å²) < 4.78 is 35.4. The number of amides is 2. The van der Waals surface area contributed by atoms with Crippen LogP contribution in [0.1, 0.15) is 27.8 Å². The highest BCUT2D eigenvalue weighted by Crippen LogP contribution is 2.25. The van der Waals surface area contributed by atoms with Gasteiger partial charge in [0.1, 0.15) is 48.4 Å². The normalized spacial score (nSPS) is 11.8. The van der Waals surface area contributed by atoms with Gasteiger partial charge in [-0.25, -0.2) is 9.59 Å². The average Bonchev–Trinajstić information content (AvgIpc) is 3.28. The zero-order chi connectivity index (χ0) is 45.1. The lowest BCUT2D eigenvalue weighted by Gasteiger charge is -2.22. The molecule has 5 aromatic rings. The Morgan fingerprint density at radius 2 is 0.857 bits per heavy atom. The minimum absolute atomic E-state index is 0.0578. The first kappa shape index (κ1) is 47.4. The number of rotatable bonds is 23. The van der Waals surface area contributed by atoms with Gasteiger partial charge in [-0.1, -0.05) is 48.5 Å². The van der Waals surface area contributed by atoms with Crippen molar-refractivity contribution in [2.45, 2.75) is 44.7 Å². The van der Waals surface area contributed by atoms with Gasteiger partial charge in [-0.15, -0.1) is 0 Å². The van der Waals surface area contributed by atoms with E-state index in [-0.39, 0.29) is 13.2 Å². The molecule has 5 aromatic carbocycles. The molecule has 0 aliphatic rings. The Morgan fingerprint density at radius 1 is 0.476 bits per heavy atom. The summed E-state index contributed by atoms with van der Waals surface area (Å²) in [5.74, 6) is 2.48. The van der Waals surface area contributed by atoms with Crippen molar-refractivity contribution in [1.29, 1.82) is 0 Å². The number of hydrogen-bond donors (Lipinski definition) is 3. The fraction of sp³-hybridized carbons (Fsp3) is 0.347. The van der Waals surface area contributed by atoms with E-state index in [1.165, 1.54) is 0 Å². The fourth-order valence-corrected chi connectivity index (χ4v) is 6.40. The molecule has 0 bridgehead atoms. The number of anilines is 2. The van der Waals surface area contributed by atoms with Gasteiger partial charge >= 0.3 is 12.2 Å². The molecule has 0 aliphatic heterocycles. The highest BCUT2D eigenvalue weighted by molar-refractivity contribution is 5.68. The van der Waals surface area contributed by atoms with Crippen LogP contribution in [0.3, 0.4) is 0 Å². The second-order valence-corrected chi connectivity index (χ2v) is 15.7. The average molecular weight is 863 g/mol. The van der Waals surface area contributed by atoms with Crippen LogP contribution in [0, 0.1) is 0 Å². The number of nitrogens with one attached hydrogen (secondary N) is 3. The van der Waals surface area contributed by atoms with Crippen LogP contribution in [-0.2, 0) is 41.9 Å². The second-order valence-electron chi connectivity index (χ2n) is 15.7. The summed E-state index contributed by atoms with van der Waals surface area (Å²) in [5.41, 5.74) is 10.1. The van der Waals surface area contributed by atoms with Crippen molar-refractivity contribution in [2.24, 2.45) is 0 Å². The number of methoxy groups -OCH3 is 2. The number of ether oxygens (including phenoxy) is 6. The predicted octanol–water partition coefficient (Wildman–Crippen LogP) is 7.24. The number of benzene rings is 5. The second kappa shape index (κ2) is 24.1. The maximum absolute atomic E-state index is 13.2. The molecule has 0 aromatic heterocycles. The van der Waals surface area contributed by atoms with Crippen molar-refractivity contribution >= 4 is 23.6 Å². The molecule has 0 radical (unpaired) electrons. The molecule has 0 heterocycles. The van der Waals surface area contributed by atoms with Gasteiger partial charge in [0.15, 0.2) is 0 Å².